The molecular formula is C28H22Cl2N4O2. The average molecular weight is 517 g/mol. The van der Waals surface area contributed by atoms with Crippen LogP contribution in [0.2, 0.25) is 10.0 Å². The summed E-state index contributed by atoms with van der Waals surface area (Å²) in [7, 11) is 0. The molecule has 0 aliphatic carbocycles. The van der Waals surface area contributed by atoms with Crippen molar-refractivity contribution in [3.8, 4) is 5.69 Å². The molecule has 36 heavy (non-hydrogen) atoms. The fourth-order valence-electron chi connectivity index (χ4n) is 4.54. The highest BCUT2D eigenvalue weighted by atomic mass is 35.5. The molecule has 8 heteroatoms. The van der Waals surface area contributed by atoms with Gasteiger partial charge in [-0.15, -0.1) is 0 Å². The number of hydrogen-bond acceptors (Lipinski definition) is 3. The van der Waals surface area contributed by atoms with Crippen molar-refractivity contribution < 1.29 is 4.79 Å². The lowest BCUT2D eigenvalue weighted by Crippen LogP contribution is -2.25. The van der Waals surface area contributed by atoms with Crippen LogP contribution >= 0.6 is 23.2 Å². The molecule has 0 radical (unpaired) electrons. The molecule has 0 spiro atoms. The largest absolute Gasteiger partial charge is 0.331 e. The van der Waals surface area contributed by atoms with Crippen molar-refractivity contribution in [2.75, 3.05) is 0 Å². The van der Waals surface area contributed by atoms with Crippen LogP contribution in [0.4, 0.5) is 0 Å². The number of carbonyl (C=O) groups excluding carboxylic acids is 1. The molecule has 2 aromatic heterocycles. The van der Waals surface area contributed by atoms with Gasteiger partial charge in [-0.3, -0.25) is 9.59 Å². The van der Waals surface area contributed by atoms with Gasteiger partial charge in [-0.05, 0) is 62.4 Å². The average Bonchev–Trinajstić information content (AvgIpc) is 3.16. The van der Waals surface area contributed by atoms with Crippen LogP contribution in [-0.2, 0) is 11.3 Å². The van der Waals surface area contributed by atoms with Crippen LogP contribution < -0.4 is 10.9 Å². The van der Waals surface area contributed by atoms with Crippen LogP contribution in [0.5, 0.6) is 0 Å². The monoisotopic (exact) mass is 516 g/mol. The number of nitrogens with one attached hydrogen (secondary N) is 1. The number of fused-ring (bicyclic) bond motifs is 2. The van der Waals surface area contributed by atoms with Crippen molar-refractivity contribution in [3.05, 3.63) is 110 Å². The summed E-state index contributed by atoms with van der Waals surface area (Å²) in [6, 6.07) is 22.0. The molecule has 1 N–H and O–H groups in total. The molecular weight excluding hydrogens is 495 g/mol. The van der Waals surface area contributed by atoms with Crippen LogP contribution in [0.15, 0.2) is 82.7 Å². The van der Waals surface area contributed by atoms with E-state index in [9.17, 15) is 9.59 Å². The third-order valence-corrected chi connectivity index (χ3v) is 6.94. The normalized spacial score (nSPS) is 11.6. The Morgan fingerprint density at radius 3 is 2.19 bits per heavy atom. The van der Waals surface area contributed by atoms with E-state index in [-0.39, 0.29) is 17.9 Å². The summed E-state index contributed by atoms with van der Waals surface area (Å²) in [5, 5.41) is 6.31. The molecule has 1 amide bonds. The SMILES string of the molecule is Cc1cc(C=NNC(=O)Cn2c3ccccc3c(=O)c3ccccc32)c(C)n1-c1ccc(Cl)c(Cl)c1. The number of amides is 1. The van der Waals surface area contributed by atoms with E-state index in [0.29, 0.717) is 31.9 Å². The number of halogens is 2. The lowest BCUT2D eigenvalue weighted by molar-refractivity contribution is -0.121. The van der Waals surface area contributed by atoms with Gasteiger partial charge >= 0.3 is 0 Å². The summed E-state index contributed by atoms with van der Waals surface area (Å²) in [5.74, 6) is -0.302. The quantitative estimate of drug-likeness (QED) is 0.176. The van der Waals surface area contributed by atoms with E-state index in [1.54, 1.807) is 24.4 Å². The number of aromatic nitrogens is 2. The number of aryl methyl sites for hydroxylation is 1. The van der Waals surface area contributed by atoms with Crippen molar-refractivity contribution in [1.29, 1.82) is 0 Å². The molecule has 0 saturated heterocycles. The highest BCUT2D eigenvalue weighted by molar-refractivity contribution is 6.42. The molecule has 5 aromatic rings. The van der Waals surface area contributed by atoms with E-state index < -0.39 is 0 Å². The highest BCUT2D eigenvalue weighted by Gasteiger charge is 2.13. The molecule has 0 unspecified atom stereocenters. The van der Waals surface area contributed by atoms with E-state index in [2.05, 4.69) is 10.5 Å². The van der Waals surface area contributed by atoms with Crippen molar-refractivity contribution in [3.63, 3.8) is 0 Å². The Labute approximate surface area is 217 Å². The predicted molar refractivity (Wildman–Crippen MR) is 147 cm³/mol. The van der Waals surface area contributed by atoms with Gasteiger partial charge in [0.2, 0.25) is 0 Å². The summed E-state index contributed by atoms with van der Waals surface area (Å²) in [4.78, 5) is 25.8. The van der Waals surface area contributed by atoms with Crippen LogP contribution in [0.25, 0.3) is 27.5 Å². The van der Waals surface area contributed by atoms with E-state index in [1.807, 2.05) is 77.6 Å². The first-order valence-corrected chi connectivity index (χ1v) is 12.1. The summed E-state index contributed by atoms with van der Waals surface area (Å²) in [5.41, 5.74) is 7.66. The number of para-hydroxylation sites is 2. The molecule has 0 saturated carbocycles. The number of rotatable bonds is 5. The number of benzene rings is 3. The maximum Gasteiger partial charge on any atom is 0.260 e. The zero-order chi connectivity index (χ0) is 25.4. The van der Waals surface area contributed by atoms with Crippen molar-refractivity contribution in [2.24, 2.45) is 5.10 Å². The van der Waals surface area contributed by atoms with Crippen molar-refractivity contribution >= 4 is 57.1 Å². The fraction of sp³-hybridized carbons (Fsp3) is 0.107. The summed E-state index contributed by atoms with van der Waals surface area (Å²) < 4.78 is 3.89. The van der Waals surface area contributed by atoms with Gasteiger partial charge in [0.15, 0.2) is 5.43 Å². The van der Waals surface area contributed by atoms with E-state index in [0.717, 1.165) is 22.6 Å². The lowest BCUT2D eigenvalue weighted by Gasteiger charge is -2.14. The maximum absolute atomic E-state index is 12.9. The Kier molecular flexibility index (Phi) is 6.39. The molecule has 0 aliphatic heterocycles. The summed E-state index contributed by atoms with van der Waals surface area (Å²) >= 11 is 12.3. The molecule has 180 valence electrons. The van der Waals surface area contributed by atoms with Gasteiger partial charge in [0.25, 0.3) is 5.91 Å². The first-order valence-electron chi connectivity index (χ1n) is 11.3. The van der Waals surface area contributed by atoms with Gasteiger partial charge in [0.1, 0.15) is 6.54 Å². The molecule has 0 aliphatic rings. The summed E-state index contributed by atoms with van der Waals surface area (Å²) in [6.07, 6.45) is 1.62. The van der Waals surface area contributed by atoms with E-state index in [1.165, 1.54) is 0 Å². The molecule has 0 atom stereocenters. The third-order valence-electron chi connectivity index (χ3n) is 6.21. The first kappa shape index (κ1) is 23.9. The van der Waals surface area contributed by atoms with Gasteiger partial charge in [-0.2, -0.15) is 5.10 Å². The molecule has 6 nitrogen and oxygen atoms in total. The van der Waals surface area contributed by atoms with Gasteiger partial charge in [0.05, 0.1) is 27.3 Å². The summed E-state index contributed by atoms with van der Waals surface area (Å²) in [6.45, 7) is 3.97. The standard InChI is InChI=1S/C28H22Cl2N4O2/c1-17-13-19(18(2)34(17)20-11-12-23(29)24(30)14-20)15-31-32-27(35)16-33-25-9-5-3-7-21(25)28(36)22-8-4-6-10-26(22)33/h3-15H,16H2,1-2H3,(H,32,35). The van der Waals surface area contributed by atoms with Crippen LogP contribution in [0.1, 0.15) is 17.0 Å². The second-order valence-corrected chi connectivity index (χ2v) is 9.32. The van der Waals surface area contributed by atoms with Gasteiger partial charge in [-0.25, -0.2) is 5.43 Å². The highest BCUT2D eigenvalue weighted by Crippen LogP contribution is 2.27. The zero-order valence-corrected chi connectivity index (χ0v) is 21.1. The van der Waals surface area contributed by atoms with E-state index >= 15 is 0 Å². The minimum Gasteiger partial charge on any atom is -0.331 e. The predicted octanol–water partition coefficient (Wildman–Crippen LogP) is 6.02. The molecule has 0 fully saturated rings. The second-order valence-electron chi connectivity index (χ2n) is 8.50. The van der Waals surface area contributed by atoms with E-state index in [4.69, 9.17) is 23.2 Å². The Balaban J connectivity index is 1.40. The van der Waals surface area contributed by atoms with Gasteiger partial charge in [0, 0.05) is 33.4 Å². The zero-order valence-electron chi connectivity index (χ0n) is 19.6. The molecule has 2 heterocycles. The number of hydrogen-bond donors (Lipinski definition) is 1. The molecule has 5 rings (SSSR count). The Bertz CT molecular complexity index is 1670. The Morgan fingerprint density at radius 1 is 0.917 bits per heavy atom. The first-order chi connectivity index (χ1) is 17.3. The van der Waals surface area contributed by atoms with Crippen molar-refractivity contribution in [1.82, 2.24) is 14.6 Å². The topological polar surface area (TPSA) is 68.4 Å². The number of carbonyl (C=O) groups is 1. The minimum atomic E-state index is -0.302. The lowest BCUT2D eigenvalue weighted by atomic mass is 10.1. The fourth-order valence-corrected chi connectivity index (χ4v) is 4.83. The van der Waals surface area contributed by atoms with Crippen molar-refractivity contribution in [2.45, 2.75) is 20.4 Å². The Morgan fingerprint density at radius 2 is 1.56 bits per heavy atom. The number of nitrogens with zero attached hydrogens (tertiary/aromatic N) is 3. The Hall–Kier alpha value is -3.87. The maximum atomic E-state index is 12.9. The minimum absolute atomic E-state index is 0.0148. The van der Waals surface area contributed by atoms with Crippen LogP contribution in [0, 0.1) is 13.8 Å². The van der Waals surface area contributed by atoms with Gasteiger partial charge in [-0.1, -0.05) is 47.5 Å². The van der Waals surface area contributed by atoms with Crippen LogP contribution in [0.3, 0.4) is 0 Å². The van der Waals surface area contributed by atoms with Crippen LogP contribution in [-0.4, -0.2) is 21.3 Å². The molecule has 0 bridgehead atoms. The second kappa shape index (κ2) is 9.64. The number of pyridine rings is 1. The molecule has 3 aromatic carbocycles. The van der Waals surface area contributed by atoms with Gasteiger partial charge < -0.3 is 9.13 Å². The number of hydrazone groups is 1. The smallest absolute Gasteiger partial charge is 0.260 e. The third kappa shape index (κ3) is 4.30.